The fraction of sp³-hybridized carbons (Fsp3) is 0.833. The Kier molecular flexibility index (Phi) is 4.41. The van der Waals surface area contributed by atoms with Gasteiger partial charge in [0.1, 0.15) is 0 Å². The van der Waals surface area contributed by atoms with Crippen LogP contribution in [0.1, 0.15) is 20.8 Å². The maximum atomic E-state index is 2.50. The van der Waals surface area contributed by atoms with E-state index in [-0.39, 0.29) is 0 Å². The Balaban J connectivity index is 4.34. The third kappa shape index (κ3) is 5.15. The number of rotatable bonds is 3. The minimum atomic E-state index is -1.07. The number of hydrogen-bond acceptors (Lipinski definition) is 0. The molecule has 2 heteroatoms. The predicted molar refractivity (Wildman–Crippen MR) is 74.5 cm³/mol. The molecule has 0 saturated heterocycles. The van der Waals surface area contributed by atoms with Gasteiger partial charge in [-0.2, -0.15) is 0 Å². The van der Waals surface area contributed by atoms with Gasteiger partial charge in [0.15, 0.2) is 0 Å². The molecule has 0 aromatic rings. The summed E-state index contributed by atoms with van der Waals surface area (Å²) in [5.74, 6) is 0. The monoisotopic (exact) mass is 228 g/mol. The molecule has 0 aliphatic rings. The Morgan fingerprint density at radius 1 is 0.929 bits per heavy atom. The summed E-state index contributed by atoms with van der Waals surface area (Å²) >= 11 is 0. The predicted octanol–water partition coefficient (Wildman–Crippen LogP) is 4.93. The molecule has 0 rings (SSSR count). The standard InChI is InChI=1S/C12H28Si2/c1-12(2,3)14(7,8)11-9-10-13(4,5)6/h9-10H,11H2,1-8H3/b10-9+. The smallest absolute Gasteiger partial charge is 0.0682 e. The van der Waals surface area contributed by atoms with E-state index in [4.69, 9.17) is 0 Å². The summed E-state index contributed by atoms with van der Waals surface area (Å²) in [5, 5.41) is 0.525. The second kappa shape index (κ2) is 4.35. The van der Waals surface area contributed by atoms with Crippen LogP contribution in [0, 0.1) is 0 Å². The van der Waals surface area contributed by atoms with Gasteiger partial charge in [0.25, 0.3) is 0 Å². The summed E-state index contributed by atoms with van der Waals surface area (Å²) < 4.78 is 0. The van der Waals surface area contributed by atoms with Gasteiger partial charge < -0.3 is 0 Å². The van der Waals surface area contributed by atoms with Gasteiger partial charge in [0.05, 0.1) is 16.1 Å². The molecule has 84 valence electrons. The lowest BCUT2D eigenvalue weighted by Gasteiger charge is -2.36. The lowest BCUT2D eigenvalue weighted by atomic mass is 10.2. The quantitative estimate of drug-likeness (QED) is 0.601. The molecule has 0 atom stereocenters. The van der Waals surface area contributed by atoms with Crippen LogP contribution in [0.2, 0.25) is 43.8 Å². The van der Waals surface area contributed by atoms with E-state index in [1.165, 1.54) is 6.04 Å². The van der Waals surface area contributed by atoms with Crippen LogP contribution in [0.25, 0.3) is 0 Å². The van der Waals surface area contributed by atoms with Crippen LogP contribution in [0.15, 0.2) is 11.8 Å². The second-order valence-electron chi connectivity index (χ2n) is 7.11. The Hall–Kier alpha value is 0.174. The van der Waals surface area contributed by atoms with Gasteiger partial charge in [-0.3, -0.25) is 0 Å². The topological polar surface area (TPSA) is 0 Å². The van der Waals surface area contributed by atoms with Crippen LogP contribution in [-0.2, 0) is 0 Å². The average Bonchev–Trinajstić information content (AvgIpc) is 1.80. The molecular weight excluding hydrogens is 200 g/mol. The van der Waals surface area contributed by atoms with E-state index in [1.807, 2.05) is 0 Å². The van der Waals surface area contributed by atoms with Crippen molar-refractivity contribution in [2.24, 2.45) is 0 Å². The molecule has 0 aromatic heterocycles. The fourth-order valence-electron chi connectivity index (χ4n) is 1.01. The highest BCUT2D eigenvalue weighted by molar-refractivity contribution is 6.82. The van der Waals surface area contributed by atoms with Gasteiger partial charge in [-0.15, -0.1) is 0 Å². The number of allylic oxidation sites excluding steroid dienone is 1. The van der Waals surface area contributed by atoms with Gasteiger partial charge in [0.2, 0.25) is 0 Å². The highest BCUT2D eigenvalue weighted by Gasteiger charge is 2.33. The van der Waals surface area contributed by atoms with Crippen molar-refractivity contribution in [1.82, 2.24) is 0 Å². The summed E-state index contributed by atoms with van der Waals surface area (Å²) in [4.78, 5) is 0. The van der Waals surface area contributed by atoms with Crippen molar-refractivity contribution in [3.8, 4) is 0 Å². The summed E-state index contributed by atoms with van der Waals surface area (Å²) in [6, 6.07) is 1.33. The van der Waals surface area contributed by atoms with E-state index in [0.29, 0.717) is 5.04 Å². The maximum Gasteiger partial charge on any atom is 0.0682 e. The molecule has 0 saturated carbocycles. The molecular formula is C12H28Si2. The van der Waals surface area contributed by atoms with Gasteiger partial charge in [0, 0.05) is 0 Å². The van der Waals surface area contributed by atoms with Crippen LogP contribution in [0.3, 0.4) is 0 Å². The van der Waals surface area contributed by atoms with Gasteiger partial charge in [-0.25, -0.2) is 0 Å². The second-order valence-corrected chi connectivity index (χ2v) is 17.8. The molecule has 0 radical (unpaired) electrons. The Morgan fingerprint density at radius 2 is 1.36 bits per heavy atom. The van der Waals surface area contributed by atoms with Crippen molar-refractivity contribution < 1.29 is 0 Å². The molecule has 0 aliphatic heterocycles. The molecule has 0 fully saturated rings. The molecule has 0 aromatic carbocycles. The van der Waals surface area contributed by atoms with Crippen molar-refractivity contribution in [2.45, 2.75) is 64.6 Å². The van der Waals surface area contributed by atoms with Crippen molar-refractivity contribution in [2.75, 3.05) is 0 Å². The minimum Gasteiger partial charge on any atom is -0.0992 e. The zero-order valence-corrected chi connectivity index (χ0v) is 13.4. The van der Waals surface area contributed by atoms with Crippen LogP contribution in [0.5, 0.6) is 0 Å². The molecule has 0 aliphatic carbocycles. The van der Waals surface area contributed by atoms with Gasteiger partial charge in [-0.05, 0) is 11.1 Å². The molecule has 0 spiro atoms. The van der Waals surface area contributed by atoms with Gasteiger partial charge >= 0.3 is 0 Å². The molecule has 0 unspecified atom stereocenters. The Labute approximate surface area is 92.8 Å². The van der Waals surface area contributed by atoms with Crippen LogP contribution in [-0.4, -0.2) is 16.1 Å². The van der Waals surface area contributed by atoms with Crippen molar-refractivity contribution in [1.29, 1.82) is 0 Å². The van der Waals surface area contributed by atoms with E-state index in [0.717, 1.165) is 0 Å². The summed E-state index contributed by atoms with van der Waals surface area (Å²) in [6.45, 7) is 19.4. The first-order chi connectivity index (χ1) is 5.96. The van der Waals surface area contributed by atoms with Crippen LogP contribution >= 0.6 is 0 Å². The summed E-state index contributed by atoms with van der Waals surface area (Å²) in [6.07, 6.45) is 2.46. The molecule has 0 amide bonds. The SMILES string of the molecule is CC(C)(C)[Si](C)(C)C/C=C/[Si](C)(C)C. The Morgan fingerprint density at radius 3 is 1.64 bits per heavy atom. The summed E-state index contributed by atoms with van der Waals surface area (Å²) in [7, 11) is -2.04. The minimum absolute atomic E-state index is 0.525. The third-order valence-electron chi connectivity index (χ3n) is 3.28. The first-order valence-corrected chi connectivity index (χ1v) is 12.4. The highest BCUT2D eigenvalue weighted by atomic mass is 28.3. The van der Waals surface area contributed by atoms with Crippen LogP contribution in [0.4, 0.5) is 0 Å². The number of hydrogen-bond donors (Lipinski definition) is 0. The van der Waals surface area contributed by atoms with E-state index < -0.39 is 16.1 Å². The normalized spacial score (nSPS) is 15.1. The van der Waals surface area contributed by atoms with Crippen molar-refractivity contribution in [3.63, 3.8) is 0 Å². The fourth-order valence-corrected chi connectivity index (χ4v) is 3.39. The largest absolute Gasteiger partial charge is 0.0992 e. The molecule has 0 heterocycles. The zero-order valence-electron chi connectivity index (χ0n) is 11.4. The van der Waals surface area contributed by atoms with E-state index in [1.54, 1.807) is 0 Å². The molecule has 14 heavy (non-hydrogen) atoms. The zero-order chi connectivity index (χ0) is 11.6. The van der Waals surface area contributed by atoms with E-state index >= 15 is 0 Å². The maximum absolute atomic E-state index is 2.50. The van der Waals surface area contributed by atoms with Crippen LogP contribution < -0.4 is 0 Å². The van der Waals surface area contributed by atoms with E-state index in [9.17, 15) is 0 Å². The highest BCUT2D eigenvalue weighted by Crippen LogP contribution is 2.38. The molecule has 0 bridgehead atoms. The Bertz CT molecular complexity index is 201. The van der Waals surface area contributed by atoms with Crippen molar-refractivity contribution in [3.05, 3.63) is 11.8 Å². The molecule has 0 nitrogen and oxygen atoms in total. The summed E-state index contributed by atoms with van der Waals surface area (Å²) in [5.41, 5.74) is 2.49. The van der Waals surface area contributed by atoms with Crippen molar-refractivity contribution >= 4 is 16.1 Å². The first-order valence-electron chi connectivity index (χ1n) is 5.63. The first kappa shape index (κ1) is 14.2. The lowest BCUT2D eigenvalue weighted by molar-refractivity contribution is 0.719. The molecule has 0 N–H and O–H groups in total. The third-order valence-corrected chi connectivity index (χ3v) is 9.83. The van der Waals surface area contributed by atoms with E-state index in [2.05, 4.69) is 65.3 Å². The average molecular weight is 229 g/mol. The van der Waals surface area contributed by atoms with Gasteiger partial charge in [-0.1, -0.05) is 65.3 Å². The lowest BCUT2D eigenvalue weighted by Crippen LogP contribution is -2.36.